The van der Waals surface area contributed by atoms with Gasteiger partial charge in [0.1, 0.15) is 0 Å². The number of hydrogen-bond acceptors (Lipinski definition) is 5. The second-order valence-electron chi connectivity index (χ2n) is 3.50. The van der Waals surface area contributed by atoms with E-state index < -0.39 is 20.0 Å². The van der Waals surface area contributed by atoms with Gasteiger partial charge in [0.15, 0.2) is 0 Å². The molecule has 0 aliphatic carbocycles. The Morgan fingerprint density at radius 1 is 1.18 bits per heavy atom. The molecular weight excluding hydrogens is 288 g/mol. The van der Waals surface area contributed by atoms with Gasteiger partial charge in [-0.3, -0.25) is 4.98 Å². The molecule has 0 saturated carbocycles. The normalized spacial score (nSPS) is 12.5. The Kier molecular flexibility index (Phi) is 3.70. The number of aryl methyl sites for hydroxylation is 1. The minimum Gasteiger partial charge on any atom is -0.260 e. The minimum atomic E-state index is -3.98. The molecule has 0 aliphatic heterocycles. The highest BCUT2D eigenvalue weighted by molar-refractivity contribution is 8.09. The van der Waals surface area contributed by atoms with E-state index in [2.05, 4.69) is 4.98 Å². The molecule has 0 saturated heterocycles. The van der Waals surface area contributed by atoms with Crippen LogP contribution in [0, 0.1) is 6.92 Å². The van der Waals surface area contributed by atoms with Crippen LogP contribution in [-0.2, 0) is 20.0 Å². The van der Waals surface area contributed by atoms with Gasteiger partial charge in [0.25, 0.3) is 0 Å². The third-order valence-corrected chi connectivity index (χ3v) is 5.29. The van der Waals surface area contributed by atoms with E-state index in [0.29, 0.717) is 5.69 Å². The van der Waals surface area contributed by atoms with Gasteiger partial charge in [-0.15, -0.1) is 0 Å². The Morgan fingerprint density at radius 3 is 2.06 bits per heavy atom. The van der Waals surface area contributed by atoms with E-state index in [9.17, 15) is 16.8 Å². The van der Waals surface area contributed by atoms with Crippen LogP contribution in [0.2, 0.25) is 5.02 Å². The maximum Gasteiger partial charge on any atom is 0.245 e. The first-order valence-electron chi connectivity index (χ1n) is 4.36. The zero-order valence-electron chi connectivity index (χ0n) is 9.38. The number of aromatic nitrogens is 1. The van der Waals surface area contributed by atoms with Crippen molar-refractivity contribution >= 4 is 37.3 Å². The lowest BCUT2D eigenvalue weighted by atomic mass is 10.3. The highest BCUT2D eigenvalue weighted by Crippen LogP contribution is 2.29. The molecule has 6 nitrogen and oxygen atoms in total. The molecule has 0 N–H and O–H groups in total. The van der Waals surface area contributed by atoms with Crippen LogP contribution in [0.15, 0.2) is 12.3 Å². The summed E-state index contributed by atoms with van der Waals surface area (Å²) >= 11 is 5.77. The fourth-order valence-corrected chi connectivity index (χ4v) is 4.54. The first-order valence-corrected chi connectivity index (χ1v) is 8.43. The molecule has 0 unspecified atom stereocenters. The second-order valence-corrected chi connectivity index (χ2v) is 7.80. The van der Waals surface area contributed by atoms with Crippen LogP contribution < -0.4 is 3.71 Å². The van der Waals surface area contributed by atoms with Gasteiger partial charge >= 0.3 is 0 Å². The fourth-order valence-electron chi connectivity index (χ4n) is 1.27. The molecule has 0 aliphatic rings. The van der Waals surface area contributed by atoms with Crippen molar-refractivity contribution in [3.05, 3.63) is 23.0 Å². The van der Waals surface area contributed by atoms with Gasteiger partial charge in [-0.1, -0.05) is 11.6 Å². The number of sulfonamides is 2. The van der Waals surface area contributed by atoms with E-state index in [-0.39, 0.29) is 14.4 Å². The number of pyridine rings is 1. The zero-order valence-corrected chi connectivity index (χ0v) is 11.8. The molecule has 9 heteroatoms. The molecule has 17 heavy (non-hydrogen) atoms. The van der Waals surface area contributed by atoms with Gasteiger partial charge in [0.2, 0.25) is 20.0 Å². The van der Waals surface area contributed by atoms with Crippen molar-refractivity contribution in [1.82, 2.24) is 4.98 Å². The molecule has 1 aromatic rings. The molecule has 0 bridgehead atoms. The summed E-state index contributed by atoms with van der Waals surface area (Å²) in [5, 5.41) is -0.0496. The molecule has 0 atom stereocenters. The van der Waals surface area contributed by atoms with Crippen LogP contribution >= 0.6 is 11.6 Å². The molecule has 1 heterocycles. The van der Waals surface area contributed by atoms with E-state index in [0.717, 1.165) is 12.5 Å². The van der Waals surface area contributed by atoms with Crippen molar-refractivity contribution in [2.45, 2.75) is 6.92 Å². The van der Waals surface area contributed by atoms with Crippen LogP contribution in [0.25, 0.3) is 0 Å². The Bertz CT molecular complexity index is 607. The number of halogens is 1. The van der Waals surface area contributed by atoms with Crippen molar-refractivity contribution in [3.63, 3.8) is 0 Å². The molecule has 0 amide bonds. The zero-order chi connectivity index (χ0) is 13.4. The lowest BCUT2D eigenvalue weighted by Gasteiger charge is -2.20. The minimum absolute atomic E-state index is 0.0496. The summed E-state index contributed by atoms with van der Waals surface area (Å²) in [6, 6.07) is 1.30. The topological polar surface area (TPSA) is 84.4 Å². The summed E-state index contributed by atoms with van der Waals surface area (Å²) in [4.78, 5) is 3.84. The third kappa shape index (κ3) is 3.30. The summed E-state index contributed by atoms with van der Waals surface area (Å²) in [7, 11) is -7.96. The van der Waals surface area contributed by atoms with Crippen molar-refractivity contribution in [2.75, 3.05) is 16.2 Å². The monoisotopic (exact) mass is 298 g/mol. The summed E-state index contributed by atoms with van der Waals surface area (Å²) in [5.74, 6) is 0. The van der Waals surface area contributed by atoms with Gasteiger partial charge in [-0.05, 0) is 13.0 Å². The van der Waals surface area contributed by atoms with Crippen molar-refractivity contribution in [1.29, 1.82) is 0 Å². The van der Waals surface area contributed by atoms with Crippen LogP contribution in [-0.4, -0.2) is 34.3 Å². The van der Waals surface area contributed by atoms with E-state index in [1.165, 1.54) is 12.3 Å². The molecule has 0 radical (unpaired) electrons. The fraction of sp³-hybridized carbons (Fsp3) is 0.375. The van der Waals surface area contributed by atoms with E-state index in [1.54, 1.807) is 6.92 Å². The Hall–Kier alpha value is -0.860. The average molecular weight is 299 g/mol. The van der Waals surface area contributed by atoms with Gasteiger partial charge < -0.3 is 0 Å². The van der Waals surface area contributed by atoms with Crippen molar-refractivity contribution in [2.24, 2.45) is 0 Å². The molecule has 1 aromatic heterocycles. The van der Waals surface area contributed by atoms with Gasteiger partial charge in [0.05, 0.1) is 23.2 Å². The quantitative estimate of drug-likeness (QED) is 0.823. The number of rotatable bonds is 3. The van der Waals surface area contributed by atoms with Crippen molar-refractivity contribution < 1.29 is 16.8 Å². The highest BCUT2D eigenvalue weighted by atomic mass is 35.5. The number of hydrogen-bond donors (Lipinski definition) is 0. The predicted molar refractivity (Wildman–Crippen MR) is 66.2 cm³/mol. The average Bonchev–Trinajstić information content (AvgIpc) is 2.06. The first-order chi connectivity index (χ1) is 7.53. The summed E-state index contributed by atoms with van der Waals surface area (Å²) in [6.07, 6.45) is 2.79. The van der Waals surface area contributed by atoms with Crippen LogP contribution in [0.3, 0.4) is 0 Å². The van der Waals surface area contributed by atoms with Gasteiger partial charge in [-0.2, -0.15) is 3.71 Å². The van der Waals surface area contributed by atoms with E-state index in [1.807, 2.05) is 0 Å². The van der Waals surface area contributed by atoms with Crippen LogP contribution in [0.5, 0.6) is 0 Å². The first kappa shape index (κ1) is 14.2. The van der Waals surface area contributed by atoms with Crippen molar-refractivity contribution in [3.8, 4) is 0 Å². The lowest BCUT2D eigenvalue weighted by molar-refractivity contribution is 0.590. The molecule has 96 valence electrons. The predicted octanol–water partition coefficient (Wildman–Crippen LogP) is 0.769. The largest absolute Gasteiger partial charge is 0.260 e. The maximum atomic E-state index is 11.5. The maximum absolute atomic E-state index is 11.5. The third-order valence-electron chi connectivity index (χ3n) is 1.77. The number of nitrogens with zero attached hydrogens (tertiary/aromatic N) is 2. The molecule has 0 fully saturated rings. The Balaban J connectivity index is 3.61. The molecule has 0 aromatic carbocycles. The Labute approximate surface area is 105 Å². The number of anilines is 1. The van der Waals surface area contributed by atoms with E-state index >= 15 is 0 Å². The summed E-state index contributed by atoms with van der Waals surface area (Å²) in [5.41, 5.74) is 0.339. The summed E-state index contributed by atoms with van der Waals surface area (Å²) < 4.78 is 46.3. The second kappa shape index (κ2) is 4.43. The van der Waals surface area contributed by atoms with Gasteiger partial charge in [-0.25, -0.2) is 16.8 Å². The molecular formula is C8H11ClN2O4S2. The Morgan fingerprint density at radius 2 is 1.65 bits per heavy atom. The SMILES string of the molecule is Cc1cc(N(S(C)(=O)=O)S(C)(=O)=O)c(Cl)cn1. The van der Waals surface area contributed by atoms with Gasteiger partial charge in [0, 0.05) is 11.9 Å². The van der Waals surface area contributed by atoms with Crippen LogP contribution in [0.1, 0.15) is 5.69 Å². The standard InChI is InChI=1S/C8H11ClN2O4S2/c1-6-4-8(7(9)5-10-6)11(16(2,12)13)17(3,14)15/h4-5H,1-3H3. The van der Waals surface area contributed by atoms with Crippen LogP contribution in [0.4, 0.5) is 5.69 Å². The van der Waals surface area contributed by atoms with E-state index in [4.69, 9.17) is 11.6 Å². The lowest BCUT2D eigenvalue weighted by Crippen LogP contribution is -2.35. The molecule has 1 rings (SSSR count). The highest BCUT2D eigenvalue weighted by Gasteiger charge is 2.29. The summed E-state index contributed by atoms with van der Waals surface area (Å²) in [6.45, 7) is 1.60. The smallest absolute Gasteiger partial charge is 0.245 e. The molecule has 0 spiro atoms.